The predicted octanol–water partition coefficient (Wildman–Crippen LogP) is 1.27. The molecule has 0 aromatic heterocycles. The van der Waals surface area contributed by atoms with Crippen molar-refractivity contribution in [3.63, 3.8) is 0 Å². The summed E-state index contributed by atoms with van der Waals surface area (Å²) in [4.78, 5) is 10.8. The summed E-state index contributed by atoms with van der Waals surface area (Å²) in [6, 6.07) is 7.72. The van der Waals surface area contributed by atoms with Gasteiger partial charge in [-0.15, -0.1) is 6.07 Å². The van der Waals surface area contributed by atoms with Crippen LogP contribution in [0.15, 0.2) is 18.2 Å². The van der Waals surface area contributed by atoms with Crippen LogP contribution < -0.4 is 5.73 Å². The molecule has 0 fully saturated rings. The van der Waals surface area contributed by atoms with Gasteiger partial charge in [-0.1, -0.05) is 11.3 Å². The Kier molecular flexibility index (Phi) is 4.05. The van der Waals surface area contributed by atoms with E-state index in [1.165, 1.54) is 6.92 Å². The summed E-state index contributed by atoms with van der Waals surface area (Å²) in [5.74, 6) is -0.0191. The Morgan fingerprint density at radius 3 is 2.64 bits per heavy atom. The average Bonchev–Trinajstić information content (AvgIpc) is 1.88. The smallest absolute Gasteiger partial charge is 0.107 e. The molecule has 0 radical (unpaired) electrons. The fourth-order valence-electron chi connectivity index (χ4n) is 0.747. The maximum Gasteiger partial charge on any atom is 0.107 e. The van der Waals surface area contributed by atoms with E-state index in [1.807, 2.05) is 0 Å². The van der Waals surface area contributed by atoms with Crippen molar-refractivity contribution in [2.45, 2.75) is 6.92 Å². The summed E-state index contributed by atoms with van der Waals surface area (Å²) in [7, 11) is 0. The van der Waals surface area contributed by atoms with Gasteiger partial charge in [-0.3, -0.25) is 0 Å². The van der Waals surface area contributed by atoms with Crippen LogP contribution in [0.1, 0.15) is 17.3 Å². The predicted molar refractivity (Wildman–Crippen MR) is 39.7 cm³/mol. The maximum atomic E-state index is 10.8. The quantitative estimate of drug-likeness (QED) is 0.481. The Labute approximate surface area is 80.1 Å². The van der Waals surface area contributed by atoms with Gasteiger partial charge in [0.05, 0.1) is 0 Å². The number of ketones is 1. The largest absolute Gasteiger partial charge is 0.419 e. The van der Waals surface area contributed by atoms with Crippen LogP contribution in [0, 0.1) is 6.07 Å². The summed E-state index contributed by atoms with van der Waals surface area (Å²) in [6.07, 6.45) is 0. The van der Waals surface area contributed by atoms with Crippen molar-refractivity contribution < 1.29 is 25.9 Å². The SMILES string of the molecule is CC(=O)c1c[c-]ccc1N.[W]. The van der Waals surface area contributed by atoms with Gasteiger partial charge in [0.25, 0.3) is 0 Å². The Bertz CT molecular complexity index is 260. The molecule has 0 aliphatic heterocycles. The van der Waals surface area contributed by atoms with Crippen molar-refractivity contribution in [2.24, 2.45) is 0 Å². The number of hydrogen-bond acceptors (Lipinski definition) is 2. The second-order valence-corrected chi connectivity index (χ2v) is 2.07. The van der Waals surface area contributed by atoms with E-state index >= 15 is 0 Å². The second kappa shape index (κ2) is 4.30. The third-order valence-electron chi connectivity index (χ3n) is 1.28. The minimum atomic E-state index is -0.0191. The van der Waals surface area contributed by atoms with Crippen LogP contribution in [-0.2, 0) is 21.1 Å². The Morgan fingerprint density at radius 1 is 1.64 bits per heavy atom. The van der Waals surface area contributed by atoms with Crippen molar-refractivity contribution in [1.29, 1.82) is 0 Å². The molecular weight excluding hydrogens is 310 g/mol. The van der Waals surface area contributed by atoms with Crippen LogP contribution in [0.3, 0.4) is 0 Å². The molecule has 58 valence electrons. The molecule has 1 aromatic carbocycles. The number of nitrogen functional groups attached to an aromatic ring is 1. The first-order valence-corrected chi connectivity index (χ1v) is 2.98. The Morgan fingerprint density at radius 2 is 2.27 bits per heavy atom. The second-order valence-electron chi connectivity index (χ2n) is 2.07. The number of Topliss-reactive ketones (excluding diaryl/α,β-unsaturated/α-hetero) is 1. The number of nitrogens with two attached hydrogens (primary N) is 1. The summed E-state index contributed by atoms with van der Waals surface area (Å²) in [6.45, 7) is 1.49. The van der Waals surface area contributed by atoms with E-state index in [4.69, 9.17) is 5.73 Å². The van der Waals surface area contributed by atoms with E-state index in [0.29, 0.717) is 11.3 Å². The number of hydrogen-bond donors (Lipinski definition) is 1. The van der Waals surface area contributed by atoms with Crippen molar-refractivity contribution in [1.82, 2.24) is 0 Å². The molecule has 11 heavy (non-hydrogen) atoms. The van der Waals surface area contributed by atoms with Crippen LogP contribution in [0.2, 0.25) is 0 Å². The van der Waals surface area contributed by atoms with Gasteiger partial charge in [-0.05, 0) is 6.92 Å². The van der Waals surface area contributed by atoms with E-state index in [1.54, 1.807) is 18.2 Å². The minimum Gasteiger partial charge on any atom is -0.419 e. The summed E-state index contributed by atoms with van der Waals surface area (Å²) < 4.78 is 0. The molecule has 0 amide bonds. The third-order valence-corrected chi connectivity index (χ3v) is 1.28. The summed E-state index contributed by atoms with van der Waals surface area (Å²) in [5, 5.41) is 0. The van der Waals surface area contributed by atoms with Crippen molar-refractivity contribution in [3.8, 4) is 0 Å². The van der Waals surface area contributed by atoms with Crippen molar-refractivity contribution >= 4 is 11.5 Å². The van der Waals surface area contributed by atoms with Crippen LogP contribution in [0.4, 0.5) is 5.69 Å². The van der Waals surface area contributed by atoms with Crippen LogP contribution in [-0.4, -0.2) is 5.78 Å². The van der Waals surface area contributed by atoms with E-state index in [-0.39, 0.29) is 26.8 Å². The summed E-state index contributed by atoms with van der Waals surface area (Å²) in [5.41, 5.74) is 6.54. The first-order chi connectivity index (χ1) is 4.72. The molecule has 0 saturated carbocycles. The van der Waals surface area contributed by atoms with E-state index in [9.17, 15) is 4.79 Å². The molecule has 0 aliphatic rings. The molecule has 2 nitrogen and oxygen atoms in total. The van der Waals surface area contributed by atoms with Crippen molar-refractivity contribution in [2.75, 3.05) is 5.73 Å². The molecule has 0 spiro atoms. The number of benzene rings is 1. The maximum absolute atomic E-state index is 10.8. The fourth-order valence-corrected chi connectivity index (χ4v) is 0.747. The fraction of sp³-hybridized carbons (Fsp3) is 0.125. The molecule has 1 rings (SSSR count). The van der Waals surface area contributed by atoms with Gasteiger partial charge in [0.2, 0.25) is 0 Å². The standard InChI is InChI=1S/C8H8NO.W/c1-6(10)7-4-2-3-5-8(7)9;/h3-5H,9H2,1H3;/q-1;. The zero-order valence-electron chi connectivity index (χ0n) is 6.13. The molecule has 0 saturated heterocycles. The zero-order chi connectivity index (χ0) is 7.56. The Hall–Kier alpha value is -0.622. The molecular formula is C8H8NOW-. The molecule has 0 unspecified atom stereocenters. The van der Waals surface area contributed by atoms with E-state index < -0.39 is 0 Å². The van der Waals surface area contributed by atoms with E-state index in [2.05, 4.69) is 6.07 Å². The number of carbonyl (C=O) groups is 1. The molecule has 3 heteroatoms. The van der Waals surface area contributed by atoms with Gasteiger partial charge in [0.1, 0.15) is 5.78 Å². The van der Waals surface area contributed by atoms with E-state index in [0.717, 1.165) is 0 Å². The topological polar surface area (TPSA) is 43.1 Å². The van der Waals surface area contributed by atoms with Gasteiger partial charge in [0, 0.05) is 21.1 Å². The number of carbonyl (C=O) groups excluding carboxylic acids is 1. The molecule has 0 bridgehead atoms. The zero-order valence-corrected chi connectivity index (χ0v) is 9.06. The molecule has 0 heterocycles. The van der Waals surface area contributed by atoms with Crippen LogP contribution in [0.5, 0.6) is 0 Å². The minimum absolute atomic E-state index is 0. The van der Waals surface area contributed by atoms with Gasteiger partial charge in [-0.25, -0.2) is 0 Å². The number of rotatable bonds is 1. The van der Waals surface area contributed by atoms with Gasteiger partial charge in [-0.2, -0.15) is 18.2 Å². The van der Waals surface area contributed by atoms with Gasteiger partial charge >= 0.3 is 0 Å². The molecule has 0 aliphatic carbocycles. The normalized spacial score (nSPS) is 8.45. The first-order valence-electron chi connectivity index (χ1n) is 2.98. The first kappa shape index (κ1) is 10.4. The molecule has 1 aromatic rings. The van der Waals surface area contributed by atoms with Crippen LogP contribution in [0.25, 0.3) is 0 Å². The van der Waals surface area contributed by atoms with Gasteiger partial charge < -0.3 is 10.5 Å². The van der Waals surface area contributed by atoms with Crippen LogP contribution >= 0.6 is 0 Å². The number of anilines is 1. The average molecular weight is 318 g/mol. The molecule has 0 atom stereocenters. The molecule has 2 N–H and O–H groups in total. The summed E-state index contributed by atoms with van der Waals surface area (Å²) >= 11 is 0. The monoisotopic (exact) mass is 318 g/mol. The van der Waals surface area contributed by atoms with Gasteiger partial charge in [0.15, 0.2) is 0 Å². The Balaban J connectivity index is 0.000001000. The van der Waals surface area contributed by atoms with Crippen molar-refractivity contribution in [3.05, 3.63) is 29.8 Å². The third kappa shape index (κ3) is 2.47.